The van der Waals surface area contributed by atoms with E-state index in [2.05, 4.69) is 15.5 Å². The average Bonchev–Trinajstić information content (AvgIpc) is 3.16. The van der Waals surface area contributed by atoms with Gasteiger partial charge in [0, 0.05) is 12.3 Å². The van der Waals surface area contributed by atoms with Crippen LogP contribution in [-0.2, 0) is 29.0 Å². The number of carbonyl (C=O) groups is 1. The van der Waals surface area contributed by atoms with Gasteiger partial charge in [0.1, 0.15) is 11.6 Å². The summed E-state index contributed by atoms with van der Waals surface area (Å²) in [5.41, 5.74) is -0.0150. The summed E-state index contributed by atoms with van der Waals surface area (Å²) in [4.78, 5) is 12.3. The maximum atomic E-state index is 13.0. The van der Waals surface area contributed by atoms with E-state index in [0.29, 0.717) is 23.2 Å². The Labute approximate surface area is 201 Å². The number of hydrogen-bond donors (Lipinski definition) is 1. The van der Waals surface area contributed by atoms with Crippen molar-refractivity contribution >= 4 is 46.7 Å². The van der Waals surface area contributed by atoms with Gasteiger partial charge in [-0.1, -0.05) is 35.5 Å². The van der Waals surface area contributed by atoms with Crippen molar-refractivity contribution in [1.29, 1.82) is 0 Å². The summed E-state index contributed by atoms with van der Waals surface area (Å²) in [6, 6.07) is 9.03. The SMILES string of the molecule is CCn1c(CSCc2ccc(F)cc2)nnc1SCC(=O)Nc1cc(C(F)(F)F)ccc1Cl. The van der Waals surface area contributed by atoms with Crippen molar-refractivity contribution in [3.8, 4) is 0 Å². The van der Waals surface area contributed by atoms with Gasteiger partial charge in [-0.25, -0.2) is 4.39 Å². The van der Waals surface area contributed by atoms with E-state index in [1.807, 2.05) is 11.5 Å². The molecule has 0 fully saturated rings. The molecule has 0 bridgehead atoms. The van der Waals surface area contributed by atoms with E-state index in [-0.39, 0.29) is 22.3 Å². The maximum absolute atomic E-state index is 13.0. The number of halogens is 5. The van der Waals surface area contributed by atoms with Crippen LogP contribution in [0.2, 0.25) is 5.02 Å². The Bertz CT molecular complexity index is 1110. The summed E-state index contributed by atoms with van der Waals surface area (Å²) in [5.74, 6) is 1.11. The van der Waals surface area contributed by atoms with Crippen LogP contribution in [0.1, 0.15) is 23.9 Å². The molecule has 1 N–H and O–H groups in total. The predicted octanol–water partition coefficient (Wildman–Crippen LogP) is 6.27. The summed E-state index contributed by atoms with van der Waals surface area (Å²) in [5, 5.41) is 11.3. The van der Waals surface area contributed by atoms with Crippen LogP contribution in [0.3, 0.4) is 0 Å². The van der Waals surface area contributed by atoms with Gasteiger partial charge < -0.3 is 9.88 Å². The Morgan fingerprint density at radius 1 is 1.12 bits per heavy atom. The van der Waals surface area contributed by atoms with Crippen molar-refractivity contribution in [1.82, 2.24) is 14.8 Å². The third-order valence-corrected chi connectivity index (χ3v) is 6.72. The van der Waals surface area contributed by atoms with Crippen molar-refractivity contribution in [2.75, 3.05) is 11.1 Å². The Morgan fingerprint density at radius 2 is 1.85 bits per heavy atom. The minimum Gasteiger partial charge on any atom is -0.324 e. The molecule has 0 spiro atoms. The van der Waals surface area contributed by atoms with Crippen molar-refractivity contribution in [2.24, 2.45) is 0 Å². The number of benzene rings is 2. The van der Waals surface area contributed by atoms with Gasteiger partial charge in [-0.2, -0.15) is 13.2 Å². The molecular weight excluding hydrogens is 500 g/mol. The van der Waals surface area contributed by atoms with Gasteiger partial charge in [0.2, 0.25) is 5.91 Å². The number of thioether (sulfide) groups is 2. The highest BCUT2D eigenvalue weighted by Crippen LogP contribution is 2.34. The highest BCUT2D eigenvalue weighted by atomic mass is 35.5. The molecule has 0 saturated heterocycles. The third kappa shape index (κ3) is 7.12. The van der Waals surface area contributed by atoms with Crippen LogP contribution < -0.4 is 5.32 Å². The highest BCUT2D eigenvalue weighted by molar-refractivity contribution is 7.99. The standard InChI is InChI=1S/C21H19ClF4N4OS2/c1-2-30-18(11-32-10-13-3-6-15(23)7-4-13)28-29-20(30)33-12-19(31)27-17-9-14(21(24,25)26)5-8-16(17)22/h3-9H,2,10-12H2,1H3,(H,27,31). The number of alkyl halides is 3. The molecule has 1 amide bonds. The molecule has 33 heavy (non-hydrogen) atoms. The fraction of sp³-hybridized carbons (Fsp3) is 0.286. The Kier molecular flexibility index (Phi) is 8.66. The summed E-state index contributed by atoms with van der Waals surface area (Å²) in [7, 11) is 0. The molecule has 0 atom stereocenters. The molecule has 0 radical (unpaired) electrons. The molecule has 3 aromatic rings. The molecule has 1 heterocycles. The van der Waals surface area contributed by atoms with Crippen LogP contribution in [-0.4, -0.2) is 26.4 Å². The van der Waals surface area contributed by atoms with Gasteiger partial charge in [0.05, 0.1) is 27.8 Å². The Balaban J connectivity index is 1.56. The van der Waals surface area contributed by atoms with E-state index in [4.69, 9.17) is 11.6 Å². The number of nitrogens with zero attached hydrogens (tertiary/aromatic N) is 3. The van der Waals surface area contributed by atoms with Crippen LogP contribution >= 0.6 is 35.1 Å². The van der Waals surface area contributed by atoms with Gasteiger partial charge in [0.15, 0.2) is 5.16 Å². The van der Waals surface area contributed by atoms with Crippen LogP contribution in [0.5, 0.6) is 0 Å². The molecule has 1 aromatic heterocycles. The number of anilines is 1. The van der Waals surface area contributed by atoms with Crippen LogP contribution in [0, 0.1) is 5.82 Å². The monoisotopic (exact) mass is 518 g/mol. The minimum absolute atomic E-state index is 0.0125. The molecule has 0 unspecified atom stereocenters. The smallest absolute Gasteiger partial charge is 0.324 e. The van der Waals surface area contributed by atoms with E-state index in [1.165, 1.54) is 12.1 Å². The first-order chi connectivity index (χ1) is 15.7. The topological polar surface area (TPSA) is 59.8 Å². The lowest BCUT2D eigenvalue weighted by Gasteiger charge is -2.12. The van der Waals surface area contributed by atoms with Gasteiger partial charge in [0.25, 0.3) is 0 Å². The number of hydrogen-bond acceptors (Lipinski definition) is 5. The first-order valence-corrected chi connectivity index (χ1v) is 12.2. The van der Waals surface area contributed by atoms with E-state index < -0.39 is 17.6 Å². The number of rotatable bonds is 9. The predicted molar refractivity (Wildman–Crippen MR) is 123 cm³/mol. The second kappa shape index (κ2) is 11.3. The fourth-order valence-corrected chi connectivity index (χ4v) is 4.72. The largest absolute Gasteiger partial charge is 0.416 e. The summed E-state index contributed by atoms with van der Waals surface area (Å²) < 4.78 is 53.6. The molecule has 0 aliphatic heterocycles. The first kappa shape index (κ1) is 25.4. The van der Waals surface area contributed by atoms with Crippen LogP contribution in [0.15, 0.2) is 47.6 Å². The van der Waals surface area contributed by atoms with Crippen LogP contribution in [0.25, 0.3) is 0 Å². The van der Waals surface area contributed by atoms with Gasteiger partial charge in [-0.15, -0.1) is 22.0 Å². The molecule has 176 valence electrons. The zero-order valence-corrected chi connectivity index (χ0v) is 19.7. The zero-order chi connectivity index (χ0) is 24.0. The molecule has 0 saturated carbocycles. The number of aromatic nitrogens is 3. The van der Waals surface area contributed by atoms with E-state index >= 15 is 0 Å². The lowest BCUT2D eigenvalue weighted by Crippen LogP contribution is -2.16. The molecule has 5 nitrogen and oxygen atoms in total. The first-order valence-electron chi connectivity index (χ1n) is 9.71. The molecule has 0 aliphatic carbocycles. The normalized spacial score (nSPS) is 11.6. The molecule has 12 heteroatoms. The number of amides is 1. The van der Waals surface area contributed by atoms with E-state index in [1.54, 1.807) is 23.9 Å². The second-order valence-corrected chi connectivity index (χ2v) is 9.13. The summed E-state index contributed by atoms with van der Waals surface area (Å²) >= 11 is 8.65. The quantitative estimate of drug-likeness (QED) is 0.267. The molecule has 2 aromatic carbocycles. The highest BCUT2D eigenvalue weighted by Gasteiger charge is 2.31. The Hall–Kier alpha value is -2.24. The molecule has 3 rings (SSSR count). The zero-order valence-electron chi connectivity index (χ0n) is 17.3. The van der Waals surface area contributed by atoms with Gasteiger partial charge >= 0.3 is 6.18 Å². The van der Waals surface area contributed by atoms with Crippen LogP contribution in [0.4, 0.5) is 23.2 Å². The van der Waals surface area contributed by atoms with Gasteiger partial charge in [-0.3, -0.25) is 4.79 Å². The lowest BCUT2D eigenvalue weighted by atomic mass is 10.2. The molecule has 0 aliphatic rings. The number of nitrogens with one attached hydrogen (secondary N) is 1. The summed E-state index contributed by atoms with van der Waals surface area (Å²) in [6.45, 7) is 2.51. The van der Waals surface area contributed by atoms with Gasteiger partial charge in [-0.05, 0) is 42.8 Å². The molecular formula is C21H19ClF4N4OS2. The van der Waals surface area contributed by atoms with E-state index in [9.17, 15) is 22.4 Å². The Morgan fingerprint density at radius 3 is 2.52 bits per heavy atom. The third-order valence-electron chi connectivity index (χ3n) is 4.42. The minimum atomic E-state index is -4.54. The van der Waals surface area contributed by atoms with Crippen molar-refractivity contribution in [3.63, 3.8) is 0 Å². The number of carbonyl (C=O) groups excluding carboxylic acids is 1. The lowest BCUT2D eigenvalue weighted by molar-refractivity contribution is -0.137. The fourth-order valence-electron chi connectivity index (χ4n) is 2.80. The van der Waals surface area contributed by atoms with E-state index in [0.717, 1.165) is 41.3 Å². The van der Waals surface area contributed by atoms with Crippen molar-refractivity contribution in [2.45, 2.75) is 36.3 Å². The average molecular weight is 519 g/mol. The summed E-state index contributed by atoms with van der Waals surface area (Å²) in [6.07, 6.45) is -4.54. The second-order valence-electron chi connectivity index (χ2n) is 6.79. The maximum Gasteiger partial charge on any atom is 0.416 e. The van der Waals surface area contributed by atoms with Crippen molar-refractivity contribution < 1.29 is 22.4 Å². The van der Waals surface area contributed by atoms with Crippen molar-refractivity contribution in [3.05, 3.63) is 70.3 Å².